The van der Waals surface area contributed by atoms with Gasteiger partial charge in [-0.3, -0.25) is 4.79 Å². The molecule has 1 amide bonds. The van der Waals surface area contributed by atoms with Crippen LogP contribution in [0.2, 0.25) is 0 Å². The van der Waals surface area contributed by atoms with Crippen molar-refractivity contribution in [3.05, 3.63) is 51.9 Å². The number of aromatic nitrogens is 1. The topological polar surface area (TPSA) is 77.8 Å². The summed E-state index contributed by atoms with van der Waals surface area (Å²) in [6, 6.07) is 7.97. The van der Waals surface area contributed by atoms with Crippen LogP contribution in [0.15, 0.2) is 34.9 Å². The zero-order valence-corrected chi connectivity index (χ0v) is 12.5. The fourth-order valence-electron chi connectivity index (χ4n) is 1.67. The van der Waals surface area contributed by atoms with Crippen LogP contribution in [0.5, 0.6) is 0 Å². The van der Waals surface area contributed by atoms with Crippen molar-refractivity contribution in [3.63, 3.8) is 0 Å². The molecule has 0 unspecified atom stereocenters. The van der Waals surface area contributed by atoms with E-state index >= 15 is 0 Å². The second-order valence-electron chi connectivity index (χ2n) is 4.03. The maximum absolute atomic E-state index is 14.0. The van der Waals surface area contributed by atoms with E-state index in [9.17, 15) is 9.18 Å². The summed E-state index contributed by atoms with van der Waals surface area (Å²) in [4.78, 5) is 15.9. The zero-order valence-electron chi connectivity index (χ0n) is 10.9. The quantitative estimate of drug-likeness (QED) is 0.892. The van der Waals surface area contributed by atoms with Crippen molar-refractivity contribution in [1.29, 1.82) is 5.26 Å². The van der Waals surface area contributed by atoms with Gasteiger partial charge in [-0.25, -0.2) is 9.37 Å². The average molecular weight is 349 g/mol. The molecule has 1 heterocycles. The van der Waals surface area contributed by atoms with E-state index in [1.165, 1.54) is 19.3 Å². The number of hydrogen-bond acceptors (Lipinski definition) is 4. The monoisotopic (exact) mass is 348 g/mol. The predicted molar refractivity (Wildman–Crippen MR) is 80.6 cm³/mol. The van der Waals surface area contributed by atoms with Crippen LogP contribution in [0.3, 0.4) is 0 Å². The van der Waals surface area contributed by atoms with Crippen molar-refractivity contribution in [2.45, 2.75) is 0 Å². The number of amides is 1. The summed E-state index contributed by atoms with van der Waals surface area (Å²) in [5.41, 5.74) is 0.777. The van der Waals surface area contributed by atoms with Gasteiger partial charge in [0.2, 0.25) is 0 Å². The number of nitriles is 1. The van der Waals surface area contributed by atoms with Gasteiger partial charge in [-0.15, -0.1) is 0 Å². The second kappa shape index (κ2) is 6.33. The molecule has 0 saturated carbocycles. The van der Waals surface area contributed by atoms with E-state index in [4.69, 9.17) is 5.26 Å². The number of pyridine rings is 1. The van der Waals surface area contributed by atoms with E-state index in [1.807, 2.05) is 6.07 Å². The number of nitrogens with zero attached hydrogens (tertiary/aromatic N) is 2. The smallest absolute Gasteiger partial charge is 0.258 e. The van der Waals surface area contributed by atoms with Gasteiger partial charge in [0.1, 0.15) is 0 Å². The standard InChI is InChI=1S/C14H10BrFN4O/c1-18-13-12(16)9(4-5-19-13)14(21)20-11-3-2-8(7-17)6-10(11)15/h2-6H,1H3,(H,18,19)(H,20,21). The Balaban J connectivity index is 2.29. The van der Waals surface area contributed by atoms with Crippen molar-refractivity contribution in [2.24, 2.45) is 0 Å². The molecule has 0 aliphatic carbocycles. The number of anilines is 2. The van der Waals surface area contributed by atoms with E-state index in [1.54, 1.807) is 18.2 Å². The van der Waals surface area contributed by atoms with Crippen molar-refractivity contribution < 1.29 is 9.18 Å². The van der Waals surface area contributed by atoms with Gasteiger partial charge in [0.15, 0.2) is 11.6 Å². The van der Waals surface area contributed by atoms with Crippen molar-refractivity contribution >= 4 is 33.3 Å². The Hall–Kier alpha value is -2.46. The van der Waals surface area contributed by atoms with E-state index in [2.05, 4.69) is 31.5 Å². The van der Waals surface area contributed by atoms with Gasteiger partial charge in [-0.2, -0.15) is 5.26 Å². The summed E-state index contributed by atoms with van der Waals surface area (Å²) in [7, 11) is 1.52. The molecule has 1 aromatic carbocycles. The van der Waals surface area contributed by atoms with Gasteiger partial charge >= 0.3 is 0 Å². The molecular formula is C14H10BrFN4O. The Labute approximate surface area is 128 Å². The van der Waals surface area contributed by atoms with Crippen LogP contribution in [-0.2, 0) is 0 Å². The number of hydrogen-bond donors (Lipinski definition) is 2. The summed E-state index contributed by atoms with van der Waals surface area (Å²) >= 11 is 3.25. The van der Waals surface area contributed by atoms with Crippen molar-refractivity contribution in [1.82, 2.24) is 4.98 Å². The number of benzene rings is 1. The first-order valence-electron chi connectivity index (χ1n) is 5.90. The Bertz CT molecular complexity index is 742. The highest BCUT2D eigenvalue weighted by atomic mass is 79.9. The fourth-order valence-corrected chi connectivity index (χ4v) is 2.15. The van der Waals surface area contributed by atoms with Gasteiger partial charge in [0.25, 0.3) is 5.91 Å². The SMILES string of the molecule is CNc1nccc(C(=O)Nc2ccc(C#N)cc2Br)c1F. The molecule has 0 spiro atoms. The summed E-state index contributed by atoms with van der Waals surface area (Å²) in [5, 5.41) is 13.9. The van der Waals surface area contributed by atoms with Gasteiger partial charge < -0.3 is 10.6 Å². The molecule has 0 aliphatic rings. The third kappa shape index (κ3) is 3.17. The first kappa shape index (κ1) is 14.9. The molecule has 106 valence electrons. The molecule has 2 N–H and O–H groups in total. The molecule has 0 radical (unpaired) electrons. The highest BCUT2D eigenvalue weighted by Crippen LogP contribution is 2.24. The molecule has 0 fully saturated rings. The first-order chi connectivity index (χ1) is 10.1. The number of carbonyl (C=O) groups is 1. The minimum absolute atomic E-state index is 0.00143. The maximum atomic E-state index is 14.0. The molecular weight excluding hydrogens is 339 g/mol. The van der Waals surface area contributed by atoms with Gasteiger partial charge in [0.05, 0.1) is 22.9 Å². The number of halogens is 2. The third-order valence-corrected chi connectivity index (χ3v) is 3.37. The minimum Gasteiger partial charge on any atom is -0.371 e. The van der Waals surface area contributed by atoms with E-state index in [0.29, 0.717) is 15.7 Å². The third-order valence-electron chi connectivity index (χ3n) is 2.72. The van der Waals surface area contributed by atoms with Crippen molar-refractivity contribution in [3.8, 4) is 6.07 Å². The van der Waals surface area contributed by atoms with Crippen LogP contribution in [0.25, 0.3) is 0 Å². The fraction of sp³-hybridized carbons (Fsp3) is 0.0714. The lowest BCUT2D eigenvalue weighted by atomic mass is 10.2. The molecule has 0 saturated heterocycles. The molecule has 21 heavy (non-hydrogen) atoms. The molecule has 0 atom stereocenters. The lowest BCUT2D eigenvalue weighted by Crippen LogP contribution is -2.15. The minimum atomic E-state index is -0.720. The predicted octanol–water partition coefficient (Wildman–Crippen LogP) is 3.15. The van der Waals surface area contributed by atoms with Gasteiger partial charge in [-0.1, -0.05) is 0 Å². The first-order valence-corrected chi connectivity index (χ1v) is 6.69. The van der Waals surface area contributed by atoms with Crippen LogP contribution in [0.4, 0.5) is 15.9 Å². The van der Waals surface area contributed by atoms with Crippen LogP contribution in [-0.4, -0.2) is 17.9 Å². The summed E-state index contributed by atoms with van der Waals surface area (Å²) in [6.07, 6.45) is 1.34. The lowest BCUT2D eigenvalue weighted by Gasteiger charge is -2.09. The van der Waals surface area contributed by atoms with E-state index in [0.717, 1.165) is 0 Å². The molecule has 0 aliphatic heterocycles. The van der Waals surface area contributed by atoms with Gasteiger partial charge in [0, 0.05) is 17.7 Å². The normalized spacial score (nSPS) is 9.81. The van der Waals surface area contributed by atoms with Crippen LogP contribution < -0.4 is 10.6 Å². The Morgan fingerprint density at radius 1 is 1.43 bits per heavy atom. The van der Waals surface area contributed by atoms with Crippen LogP contribution in [0.1, 0.15) is 15.9 Å². The van der Waals surface area contributed by atoms with Crippen LogP contribution in [0, 0.1) is 17.1 Å². The molecule has 2 aromatic rings. The molecule has 0 bridgehead atoms. The molecule has 2 rings (SSSR count). The maximum Gasteiger partial charge on any atom is 0.258 e. The Morgan fingerprint density at radius 3 is 2.81 bits per heavy atom. The number of rotatable bonds is 3. The lowest BCUT2D eigenvalue weighted by molar-refractivity contribution is 0.102. The second-order valence-corrected chi connectivity index (χ2v) is 4.89. The summed E-state index contributed by atoms with van der Waals surface area (Å²) in [6.45, 7) is 0. The Kier molecular flexibility index (Phi) is 4.50. The van der Waals surface area contributed by atoms with Gasteiger partial charge in [-0.05, 0) is 40.2 Å². The van der Waals surface area contributed by atoms with Crippen LogP contribution >= 0.6 is 15.9 Å². The summed E-state index contributed by atoms with van der Waals surface area (Å²) < 4.78 is 14.5. The average Bonchev–Trinajstić information content (AvgIpc) is 2.49. The molecule has 5 nitrogen and oxygen atoms in total. The number of nitrogens with one attached hydrogen (secondary N) is 2. The van der Waals surface area contributed by atoms with E-state index in [-0.39, 0.29) is 11.4 Å². The Morgan fingerprint density at radius 2 is 2.19 bits per heavy atom. The highest BCUT2D eigenvalue weighted by molar-refractivity contribution is 9.10. The zero-order chi connectivity index (χ0) is 15.4. The largest absolute Gasteiger partial charge is 0.371 e. The summed E-state index contributed by atoms with van der Waals surface area (Å²) in [5.74, 6) is -1.32. The van der Waals surface area contributed by atoms with E-state index < -0.39 is 11.7 Å². The van der Waals surface area contributed by atoms with Crippen molar-refractivity contribution in [2.75, 3.05) is 17.7 Å². The molecule has 7 heteroatoms. The number of carbonyl (C=O) groups excluding carboxylic acids is 1. The highest BCUT2D eigenvalue weighted by Gasteiger charge is 2.16. The molecule has 1 aromatic heterocycles.